The highest BCUT2D eigenvalue weighted by Gasteiger charge is 2.15. The highest BCUT2D eigenvalue weighted by Crippen LogP contribution is 2.31. The van der Waals surface area contributed by atoms with E-state index in [0.717, 1.165) is 0 Å². The second-order valence-electron chi connectivity index (χ2n) is 5.56. The van der Waals surface area contributed by atoms with Gasteiger partial charge in [0, 0.05) is 11.3 Å². The average Bonchev–Trinajstić information content (AvgIpc) is 2.52. The van der Waals surface area contributed by atoms with Gasteiger partial charge in [-0.2, -0.15) is 0 Å². The maximum atomic E-state index is 12.3. The van der Waals surface area contributed by atoms with E-state index in [4.69, 9.17) is 14.9 Å². The zero-order chi connectivity index (χ0) is 16.6. The van der Waals surface area contributed by atoms with Crippen molar-refractivity contribution in [2.24, 2.45) is 0 Å². The summed E-state index contributed by atoms with van der Waals surface area (Å²) in [6.45, 7) is 3.88. The Bertz CT molecular complexity index is 911. The number of nitrogens with two attached hydrogens (primary N) is 1. The molecule has 0 spiro atoms. The van der Waals surface area contributed by atoms with Gasteiger partial charge in [0.1, 0.15) is 11.3 Å². The molecule has 5 nitrogen and oxygen atoms in total. The number of anilines is 1. The molecule has 3 N–H and O–H groups in total. The third-order valence-corrected chi connectivity index (χ3v) is 3.38. The van der Waals surface area contributed by atoms with Crippen molar-refractivity contribution in [3.8, 4) is 22.8 Å². The summed E-state index contributed by atoms with van der Waals surface area (Å²) < 4.78 is 11.3. The van der Waals surface area contributed by atoms with E-state index < -0.39 is 11.2 Å². The number of ether oxygens (including phenoxy) is 1. The van der Waals surface area contributed by atoms with Crippen LogP contribution in [0.3, 0.4) is 0 Å². The molecular weight excluding hydrogens is 294 g/mol. The van der Waals surface area contributed by atoms with Crippen LogP contribution in [0, 0.1) is 0 Å². The van der Waals surface area contributed by atoms with E-state index in [2.05, 4.69) is 0 Å². The highest BCUT2D eigenvalue weighted by molar-refractivity contribution is 5.84. The van der Waals surface area contributed by atoms with Crippen LogP contribution in [-0.4, -0.2) is 11.2 Å². The molecule has 0 aliphatic heterocycles. The van der Waals surface area contributed by atoms with Gasteiger partial charge in [-0.05, 0) is 56.3 Å². The molecule has 0 saturated carbocycles. The van der Waals surface area contributed by atoms with E-state index in [1.165, 1.54) is 6.07 Å². The van der Waals surface area contributed by atoms with Crippen LogP contribution in [0.5, 0.6) is 11.5 Å². The molecule has 0 radical (unpaired) electrons. The van der Waals surface area contributed by atoms with E-state index in [1.54, 1.807) is 36.4 Å². The van der Waals surface area contributed by atoms with Gasteiger partial charge < -0.3 is 20.0 Å². The Morgan fingerprint density at radius 2 is 1.83 bits per heavy atom. The lowest BCUT2D eigenvalue weighted by Gasteiger charge is -2.10. The molecule has 0 fully saturated rings. The Morgan fingerprint density at radius 3 is 2.48 bits per heavy atom. The van der Waals surface area contributed by atoms with Gasteiger partial charge >= 0.3 is 0 Å². The predicted molar refractivity (Wildman–Crippen MR) is 89.8 cm³/mol. The van der Waals surface area contributed by atoms with Crippen LogP contribution in [0.25, 0.3) is 22.3 Å². The van der Waals surface area contributed by atoms with Crippen LogP contribution >= 0.6 is 0 Å². The van der Waals surface area contributed by atoms with Gasteiger partial charge in [0.2, 0.25) is 11.2 Å². The van der Waals surface area contributed by atoms with Gasteiger partial charge in [-0.25, -0.2) is 0 Å². The fourth-order valence-electron chi connectivity index (χ4n) is 2.36. The number of hydrogen-bond acceptors (Lipinski definition) is 5. The minimum Gasteiger partial charge on any atom is -0.502 e. The van der Waals surface area contributed by atoms with Crippen molar-refractivity contribution in [2.75, 3.05) is 5.73 Å². The average molecular weight is 311 g/mol. The molecule has 0 unspecified atom stereocenters. The van der Waals surface area contributed by atoms with E-state index in [1.807, 2.05) is 13.8 Å². The first-order valence-electron chi connectivity index (χ1n) is 7.28. The maximum Gasteiger partial charge on any atom is 0.235 e. The Hall–Kier alpha value is -2.95. The molecule has 3 rings (SSSR count). The summed E-state index contributed by atoms with van der Waals surface area (Å²) >= 11 is 0. The number of aromatic hydroxyl groups is 1. The van der Waals surface area contributed by atoms with Crippen LogP contribution in [-0.2, 0) is 0 Å². The topological polar surface area (TPSA) is 85.7 Å². The third kappa shape index (κ3) is 2.85. The molecule has 1 aromatic heterocycles. The smallest absolute Gasteiger partial charge is 0.235 e. The predicted octanol–water partition coefficient (Wildman–Crippen LogP) is 3.54. The largest absolute Gasteiger partial charge is 0.502 e. The standard InChI is InChI=1S/C18H17NO4/c1-10(2)22-13-6-3-11(4-7-13)18-17(21)16(20)14-9-12(19)5-8-15(14)23-18/h3-10,21H,19H2,1-2H3. The summed E-state index contributed by atoms with van der Waals surface area (Å²) in [5.74, 6) is 0.406. The Labute approximate surface area is 132 Å². The van der Waals surface area contributed by atoms with Gasteiger partial charge in [0.25, 0.3) is 0 Å². The molecule has 2 aromatic carbocycles. The molecule has 0 saturated heterocycles. The molecule has 0 amide bonds. The lowest BCUT2D eigenvalue weighted by Crippen LogP contribution is -2.05. The number of nitrogen functional groups attached to an aromatic ring is 1. The maximum absolute atomic E-state index is 12.3. The molecule has 0 atom stereocenters. The van der Waals surface area contributed by atoms with E-state index >= 15 is 0 Å². The Balaban J connectivity index is 2.11. The summed E-state index contributed by atoms with van der Waals surface area (Å²) in [6, 6.07) is 11.8. The van der Waals surface area contributed by atoms with Crippen LogP contribution in [0.4, 0.5) is 5.69 Å². The summed E-state index contributed by atoms with van der Waals surface area (Å²) in [4.78, 5) is 12.3. The Kier molecular flexibility index (Phi) is 3.70. The molecule has 1 heterocycles. The van der Waals surface area contributed by atoms with Crippen LogP contribution < -0.4 is 15.9 Å². The highest BCUT2D eigenvalue weighted by atomic mass is 16.5. The fourth-order valence-corrected chi connectivity index (χ4v) is 2.36. The zero-order valence-electron chi connectivity index (χ0n) is 12.9. The second-order valence-corrected chi connectivity index (χ2v) is 5.56. The number of rotatable bonds is 3. The third-order valence-electron chi connectivity index (χ3n) is 3.38. The molecular formula is C18H17NO4. The quantitative estimate of drug-likeness (QED) is 0.723. The fraction of sp³-hybridized carbons (Fsp3) is 0.167. The van der Waals surface area contributed by atoms with Crippen molar-refractivity contribution in [1.29, 1.82) is 0 Å². The Morgan fingerprint density at radius 1 is 1.13 bits per heavy atom. The molecule has 5 heteroatoms. The first kappa shape index (κ1) is 15.0. The molecule has 0 bridgehead atoms. The van der Waals surface area contributed by atoms with Crippen molar-refractivity contribution in [2.45, 2.75) is 20.0 Å². The summed E-state index contributed by atoms with van der Waals surface area (Å²) in [5, 5.41) is 10.4. The minimum atomic E-state index is -0.504. The first-order valence-corrected chi connectivity index (χ1v) is 7.28. The van der Waals surface area contributed by atoms with Gasteiger partial charge in [-0.1, -0.05) is 0 Å². The first-order chi connectivity index (χ1) is 11.0. The van der Waals surface area contributed by atoms with Crippen LogP contribution in [0.2, 0.25) is 0 Å². The molecule has 0 aliphatic rings. The minimum absolute atomic E-state index is 0.0679. The van der Waals surface area contributed by atoms with Gasteiger partial charge in [0.15, 0.2) is 5.76 Å². The van der Waals surface area contributed by atoms with Crippen LogP contribution in [0.15, 0.2) is 51.7 Å². The van der Waals surface area contributed by atoms with Gasteiger partial charge in [0.05, 0.1) is 11.5 Å². The number of benzene rings is 2. The summed E-state index contributed by atoms with van der Waals surface area (Å²) in [6.07, 6.45) is 0.0679. The van der Waals surface area contributed by atoms with Gasteiger partial charge in [-0.3, -0.25) is 4.79 Å². The molecule has 0 aliphatic carbocycles. The molecule has 23 heavy (non-hydrogen) atoms. The lowest BCUT2D eigenvalue weighted by atomic mass is 10.1. The monoisotopic (exact) mass is 311 g/mol. The van der Waals surface area contributed by atoms with Crippen molar-refractivity contribution in [3.05, 3.63) is 52.7 Å². The van der Waals surface area contributed by atoms with Gasteiger partial charge in [-0.15, -0.1) is 0 Å². The summed E-state index contributed by atoms with van der Waals surface area (Å²) in [5.41, 5.74) is 6.57. The van der Waals surface area contributed by atoms with Crippen molar-refractivity contribution >= 4 is 16.7 Å². The molecule has 3 aromatic rings. The van der Waals surface area contributed by atoms with E-state index in [0.29, 0.717) is 22.6 Å². The number of fused-ring (bicyclic) bond motifs is 1. The molecule has 118 valence electrons. The summed E-state index contributed by atoms with van der Waals surface area (Å²) in [7, 11) is 0. The van der Waals surface area contributed by atoms with Crippen LogP contribution in [0.1, 0.15) is 13.8 Å². The normalized spacial score (nSPS) is 11.1. The van der Waals surface area contributed by atoms with E-state index in [9.17, 15) is 9.90 Å². The van der Waals surface area contributed by atoms with E-state index in [-0.39, 0.29) is 17.3 Å². The van der Waals surface area contributed by atoms with Crippen molar-refractivity contribution < 1.29 is 14.3 Å². The second kappa shape index (κ2) is 5.68. The zero-order valence-corrected chi connectivity index (χ0v) is 12.9. The number of hydrogen-bond donors (Lipinski definition) is 2. The SMILES string of the molecule is CC(C)Oc1ccc(-c2oc3ccc(N)cc3c(=O)c2O)cc1. The van der Waals surface area contributed by atoms with Crippen molar-refractivity contribution in [3.63, 3.8) is 0 Å². The lowest BCUT2D eigenvalue weighted by molar-refractivity contribution is 0.242. The van der Waals surface area contributed by atoms with Crippen molar-refractivity contribution in [1.82, 2.24) is 0 Å².